The maximum absolute atomic E-state index is 5.29. The van der Waals surface area contributed by atoms with Gasteiger partial charge >= 0.3 is 8.80 Å². The van der Waals surface area contributed by atoms with Gasteiger partial charge in [-0.25, -0.2) is 0 Å². The van der Waals surface area contributed by atoms with Gasteiger partial charge in [0.05, 0.1) is 21.1 Å². The largest absolute Gasteiger partial charge is 0.558 e. The third-order valence-corrected chi connectivity index (χ3v) is 4.80. The molecule has 14 heavy (non-hydrogen) atoms. The second-order valence-electron chi connectivity index (χ2n) is 3.74. The molecule has 5 heteroatoms. The number of nitrogens with zero attached hydrogens (tertiary/aromatic N) is 1. The first-order chi connectivity index (χ1) is 6.39. The van der Waals surface area contributed by atoms with E-state index in [1.165, 1.54) is 0 Å². The number of quaternary nitrogens is 1. The van der Waals surface area contributed by atoms with E-state index in [2.05, 4.69) is 34.3 Å². The van der Waals surface area contributed by atoms with Gasteiger partial charge in [-0.05, 0) is 0 Å². The van der Waals surface area contributed by atoms with E-state index in [0.717, 1.165) is 10.7 Å². The Bertz CT molecular complexity index is 135. The molecule has 0 aliphatic carbocycles. The Kier molecular flexibility index (Phi) is 8.28. The van der Waals surface area contributed by atoms with Crippen LogP contribution in [0, 0.1) is 0 Å². The number of hydrogen-bond acceptors (Lipinski definition) is 3. The molecule has 0 atom stereocenters. The molecule has 0 saturated carbocycles. The predicted octanol–water partition coefficient (Wildman–Crippen LogP) is 0.912. The minimum Gasteiger partial charge on any atom is -0.374 e. The highest BCUT2D eigenvalue weighted by atomic mass is 28.4. The van der Waals surface area contributed by atoms with E-state index < -0.39 is 8.80 Å². The topological polar surface area (TPSA) is 27.7 Å². The van der Waals surface area contributed by atoms with Crippen molar-refractivity contribution < 1.29 is 17.8 Å². The van der Waals surface area contributed by atoms with Crippen LogP contribution >= 0.6 is 0 Å². The van der Waals surface area contributed by atoms with Gasteiger partial charge in [0, 0.05) is 21.3 Å². The Labute approximate surface area is 89.0 Å². The van der Waals surface area contributed by atoms with Crippen molar-refractivity contribution in [2.45, 2.75) is 0 Å². The third-order valence-electron chi connectivity index (χ3n) is 1.60. The summed E-state index contributed by atoms with van der Waals surface area (Å²) in [5.74, 6) is 0. The Hall–Kier alpha value is -0.203. The van der Waals surface area contributed by atoms with E-state index in [0.29, 0.717) is 0 Å². The fourth-order valence-electron chi connectivity index (χ4n) is 1.02. The van der Waals surface area contributed by atoms with Crippen molar-refractivity contribution in [1.82, 2.24) is 0 Å². The minimum absolute atomic E-state index is 0.774. The summed E-state index contributed by atoms with van der Waals surface area (Å²) in [7, 11) is 8.77. The molecule has 0 radical (unpaired) electrons. The van der Waals surface area contributed by atoms with Gasteiger partial charge in [-0.3, -0.25) is 0 Å². The fourth-order valence-corrected chi connectivity index (χ4v) is 3.07. The van der Waals surface area contributed by atoms with Crippen LogP contribution < -0.4 is 0 Å². The molecule has 0 amide bonds. The van der Waals surface area contributed by atoms with Gasteiger partial charge in [0.15, 0.2) is 0 Å². The summed E-state index contributed by atoms with van der Waals surface area (Å²) in [4.78, 5) is 0. The van der Waals surface area contributed by atoms with Gasteiger partial charge in [-0.1, -0.05) is 0 Å². The van der Waals surface area contributed by atoms with Crippen LogP contribution in [0.2, 0.25) is 0 Å². The molecule has 86 valence electrons. The monoisotopic (exact) mass is 222 g/mol. The zero-order chi connectivity index (χ0) is 11.8. The summed E-state index contributed by atoms with van der Waals surface area (Å²) >= 11 is 0. The second kappa shape index (κ2) is 7.14. The molecular weight excluding hydrogens is 198 g/mol. The predicted molar refractivity (Wildman–Crippen MR) is 60.9 cm³/mol. The average Bonchev–Trinajstić information content (AvgIpc) is 2.16. The summed E-state index contributed by atoms with van der Waals surface area (Å²) in [5, 5.41) is 0. The second-order valence-corrected chi connectivity index (χ2v) is 6.65. The van der Waals surface area contributed by atoms with E-state index >= 15 is 0 Å². The molecule has 0 aliphatic heterocycles. The van der Waals surface area contributed by atoms with E-state index in [9.17, 15) is 0 Å². The molecular formula is C9H24NO3Si+. The van der Waals surface area contributed by atoms with Crippen LogP contribution in [0.1, 0.15) is 0 Å². The van der Waals surface area contributed by atoms with Gasteiger partial charge in [-0.15, -0.1) is 13.2 Å². The van der Waals surface area contributed by atoms with Crippen LogP contribution in [0.25, 0.3) is 0 Å². The number of hydrogen-bond donors (Lipinski definition) is 0. The summed E-state index contributed by atoms with van der Waals surface area (Å²) in [6.45, 7) is 6.00. The maximum atomic E-state index is 5.29. The lowest BCUT2D eigenvalue weighted by molar-refractivity contribution is -0.862. The highest BCUT2D eigenvalue weighted by molar-refractivity contribution is 6.60. The minimum atomic E-state index is -2.38. The third kappa shape index (κ3) is 6.28. The Morgan fingerprint density at radius 1 is 0.929 bits per heavy atom. The van der Waals surface area contributed by atoms with Crippen LogP contribution in [0.3, 0.4) is 0 Å². The maximum Gasteiger partial charge on any atom is 0.558 e. The van der Waals surface area contributed by atoms with Crippen molar-refractivity contribution in [3.63, 3.8) is 0 Å². The smallest absolute Gasteiger partial charge is 0.374 e. The first-order valence-electron chi connectivity index (χ1n) is 4.35. The van der Waals surface area contributed by atoms with Crippen molar-refractivity contribution in [2.75, 3.05) is 48.6 Å². The van der Waals surface area contributed by atoms with Crippen LogP contribution in [0.4, 0.5) is 0 Å². The van der Waals surface area contributed by atoms with E-state index in [1.807, 2.05) is 0 Å². The molecule has 4 nitrogen and oxygen atoms in total. The normalized spacial score (nSPS) is 11.9. The molecule has 0 aliphatic rings. The van der Waals surface area contributed by atoms with E-state index in [1.54, 1.807) is 21.3 Å². The van der Waals surface area contributed by atoms with Crippen molar-refractivity contribution in [3.8, 4) is 0 Å². The standard InChI is InChI=1S/C7H20NO3Si.C2H4/c1-8(2,3)7-12(9-4,10-5)11-6;1-2/h7H2,1-6H3;1-2H2/q+1;. The van der Waals surface area contributed by atoms with E-state index in [-0.39, 0.29) is 0 Å². The first-order valence-corrected chi connectivity index (χ1v) is 6.28. The molecule has 0 aromatic heterocycles. The Morgan fingerprint density at radius 2 is 1.21 bits per heavy atom. The van der Waals surface area contributed by atoms with Crippen LogP contribution in [0.15, 0.2) is 13.2 Å². The molecule has 0 aromatic rings. The van der Waals surface area contributed by atoms with Crippen molar-refractivity contribution in [2.24, 2.45) is 0 Å². The molecule has 0 bridgehead atoms. The zero-order valence-corrected chi connectivity index (χ0v) is 11.3. The number of rotatable bonds is 5. The molecule has 0 unspecified atom stereocenters. The highest BCUT2D eigenvalue weighted by Crippen LogP contribution is 2.09. The average molecular weight is 222 g/mol. The Morgan fingerprint density at radius 3 is 1.29 bits per heavy atom. The lowest BCUT2D eigenvalue weighted by Gasteiger charge is -2.32. The molecule has 0 aromatic carbocycles. The lowest BCUT2D eigenvalue weighted by atomic mass is 10.8. The summed E-state index contributed by atoms with van der Waals surface area (Å²) in [6.07, 6.45) is 0.774. The van der Waals surface area contributed by atoms with Crippen LogP contribution in [-0.4, -0.2) is 61.9 Å². The van der Waals surface area contributed by atoms with Gasteiger partial charge in [0.2, 0.25) is 0 Å². The molecule has 0 heterocycles. The van der Waals surface area contributed by atoms with Gasteiger partial charge < -0.3 is 17.8 Å². The Balaban J connectivity index is 0. The van der Waals surface area contributed by atoms with Crippen molar-refractivity contribution in [1.29, 1.82) is 0 Å². The van der Waals surface area contributed by atoms with Gasteiger partial charge in [-0.2, -0.15) is 0 Å². The zero-order valence-electron chi connectivity index (χ0n) is 10.3. The van der Waals surface area contributed by atoms with Crippen LogP contribution in [-0.2, 0) is 13.3 Å². The van der Waals surface area contributed by atoms with Gasteiger partial charge in [0.1, 0.15) is 6.17 Å². The highest BCUT2D eigenvalue weighted by Gasteiger charge is 2.44. The summed E-state index contributed by atoms with van der Waals surface area (Å²) in [5.41, 5.74) is 0. The first kappa shape index (κ1) is 16.2. The van der Waals surface area contributed by atoms with E-state index in [4.69, 9.17) is 13.3 Å². The summed E-state index contributed by atoms with van der Waals surface area (Å²) in [6, 6.07) is 0. The lowest BCUT2D eigenvalue weighted by Crippen LogP contribution is -2.57. The van der Waals surface area contributed by atoms with Gasteiger partial charge in [0.25, 0.3) is 0 Å². The molecule has 0 rings (SSSR count). The summed E-state index contributed by atoms with van der Waals surface area (Å²) < 4.78 is 16.7. The van der Waals surface area contributed by atoms with Crippen LogP contribution in [0.5, 0.6) is 0 Å². The van der Waals surface area contributed by atoms with Crippen molar-refractivity contribution in [3.05, 3.63) is 13.2 Å². The molecule has 0 fully saturated rings. The molecule has 0 saturated heterocycles. The quantitative estimate of drug-likeness (QED) is 0.393. The SMILES string of the molecule is C=C.CO[Si](C[N+](C)(C)C)(OC)OC. The van der Waals surface area contributed by atoms with Crippen molar-refractivity contribution >= 4 is 8.80 Å². The fraction of sp³-hybridized carbons (Fsp3) is 0.778. The molecule has 0 spiro atoms. The molecule has 0 N–H and O–H groups in total.